The van der Waals surface area contributed by atoms with Gasteiger partial charge in [0.15, 0.2) is 0 Å². The molecule has 0 unspecified atom stereocenters. The van der Waals surface area contributed by atoms with Crippen LogP contribution in [-0.4, -0.2) is 17.2 Å². The zero-order chi connectivity index (χ0) is 11.5. The summed E-state index contributed by atoms with van der Waals surface area (Å²) in [5.41, 5.74) is 0.991. The minimum absolute atomic E-state index is 0.160. The number of nitrogens with zero attached hydrogens (tertiary/aromatic N) is 1. The number of rotatable bonds is 5. The largest absolute Gasteiger partial charge is 0.489 e. The molecule has 1 fully saturated rings. The highest BCUT2D eigenvalue weighted by Gasteiger charge is 2.24. The molecule has 1 saturated carbocycles. The van der Waals surface area contributed by atoms with E-state index in [2.05, 4.69) is 11.9 Å². The van der Waals surface area contributed by atoms with Crippen molar-refractivity contribution in [3.63, 3.8) is 0 Å². The summed E-state index contributed by atoms with van der Waals surface area (Å²) in [7, 11) is 0. The molecule has 1 aliphatic rings. The van der Waals surface area contributed by atoms with Gasteiger partial charge in [0, 0.05) is 6.07 Å². The van der Waals surface area contributed by atoms with Gasteiger partial charge in [-0.25, -0.2) is 4.98 Å². The van der Waals surface area contributed by atoms with Gasteiger partial charge in [0.25, 0.3) is 0 Å². The first-order valence-electron chi connectivity index (χ1n) is 6.02. The van der Waals surface area contributed by atoms with Crippen molar-refractivity contribution in [3.05, 3.63) is 17.8 Å². The fourth-order valence-electron chi connectivity index (χ4n) is 1.50. The highest BCUT2D eigenvalue weighted by molar-refractivity contribution is 5.32. The Morgan fingerprint density at radius 1 is 1.38 bits per heavy atom. The number of aryl methyl sites for hydroxylation is 1. The summed E-state index contributed by atoms with van der Waals surface area (Å²) in [6.45, 7) is 6.09. The van der Waals surface area contributed by atoms with E-state index < -0.39 is 0 Å². The number of hydrogen-bond acceptors (Lipinski definition) is 3. The SMILES string of the molecule is CCc1nc(OC(C)C)ccc1OC1CC1. The van der Waals surface area contributed by atoms with Gasteiger partial charge in [-0.1, -0.05) is 6.92 Å². The summed E-state index contributed by atoms with van der Waals surface area (Å²) in [4.78, 5) is 4.46. The van der Waals surface area contributed by atoms with Crippen LogP contribution in [-0.2, 0) is 6.42 Å². The molecule has 3 heteroatoms. The predicted octanol–water partition coefficient (Wildman–Crippen LogP) is 2.97. The second-order valence-electron chi connectivity index (χ2n) is 4.43. The third-order valence-corrected chi connectivity index (χ3v) is 2.42. The average Bonchev–Trinajstić information content (AvgIpc) is 3.03. The van der Waals surface area contributed by atoms with E-state index in [-0.39, 0.29) is 6.10 Å². The maximum Gasteiger partial charge on any atom is 0.213 e. The minimum atomic E-state index is 0.160. The molecule has 0 aromatic carbocycles. The summed E-state index contributed by atoms with van der Waals surface area (Å²) >= 11 is 0. The van der Waals surface area contributed by atoms with Crippen LogP contribution in [0.1, 0.15) is 39.3 Å². The molecule has 0 amide bonds. The van der Waals surface area contributed by atoms with E-state index in [4.69, 9.17) is 9.47 Å². The topological polar surface area (TPSA) is 31.4 Å². The van der Waals surface area contributed by atoms with Crippen molar-refractivity contribution in [2.24, 2.45) is 0 Å². The van der Waals surface area contributed by atoms with Crippen molar-refractivity contribution in [3.8, 4) is 11.6 Å². The van der Waals surface area contributed by atoms with Crippen molar-refractivity contribution in [1.82, 2.24) is 4.98 Å². The van der Waals surface area contributed by atoms with Crippen LogP contribution in [0.3, 0.4) is 0 Å². The molecule has 0 atom stereocenters. The molecule has 0 radical (unpaired) electrons. The Morgan fingerprint density at radius 2 is 2.12 bits per heavy atom. The van der Waals surface area contributed by atoms with Crippen LogP contribution in [0, 0.1) is 0 Å². The number of pyridine rings is 1. The molecular formula is C13H19NO2. The monoisotopic (exact) mass is 221 g/mol. The summed E-state index contributed by atoms with van der Waals surface area (Å²) in [6.07, 6.45) is 3.80. The molecule has 0 bridgehead atoms. The van der Waals surface area contributed by atoms with Gasteiger partial charge >= 0.3 is 0 Å². The lowest BCUT2D eigenvalue weighted by molar-refractivity contribution is 0.230. The van der Waals surface area contributed by atoms with E-state index >= 15 is 0 Å². The Morgan fingerprint density at radius 3 is 2.69 bits per heavy atom. The minimum Gasteiger partial charge on any atom is -0.489 e. The van der Waals surface area contributed by atoms with Crippen molar-refractivity contribution in [2.75, 3.05) is 0 Å². The van der Waals surface area contributed by atoms with E-state index in [0.717, 1.165) is 17.9 Å². The van der Waals surface area contributed by atoms with E-state index in [9.17, 15) is 0 Å². The van der Waals surface area contributed by atoms with Gasteiger partial charge in [-0.3, -0.25) is 0 Å². The molecule has 1 aromatic rings. The average molecular weight is 221 g/mol. The lowest BCUT2D eigenvalue weighted by Crippen LogP contribution is -2.08. The van der Waals surface area contributed by atoms with E-state index in [1.165, 1.54) is 12.8 Å². The number of aromatic nitrogens is 1. The van der Waals surface area contributed by atoms with Crippen molar-refractivity contribution < 1.29 is 9.47 Å². The van der Waals surface area contributed by atoms with Crippen LogP contribution in [0.25, 0.3) is 0 Å². The third-order valence-electron chi connectivity index (χ3n) is 2.42. The first-order chi connectivity index (χ1) is 7.69. The molecule has 1 aliphatic carbocycles. The first-order valence-corrected chi connectivity index (χ1v) is 6.02. The van der Waals surface area contributed by atoms with Gasteiger partial charge < -0.3 is 9.47 Å². The lowest BCUT2D eigenvalue weighted by atomic mass is 10.2. The van der Waals surface area contributed by atoms with Gasteiger partial charge in [-0.2, -0.15) is 0 Å². The van der Waals surface area contributed by atoms with E-state index in [1.807, 2.05) is 26.0 Å². The van der Waals surface area contributed by atoms with Crippen LogP contribution in [0.5, 0.6) is 11.6 Å². The van der Waals surface area contributed by atoms with Crippen molar-refractivity contribution in [1.29, 1.82) is 0 Å². The second kappa shape index (κ2) is 4.73. The Balaban J connectivity index is 2.12. The molecule has 3 nitrogen and oxygen atoms in total. The third kappa shape index (κ3) is 2.87. The standard InChI is InChI=1S/C13H19NO2/c1-4-11-12(16-10-5-6-10)7-8-13(14-11)15-9(2)3/h7-10H,4-6H2,1-3H3. The van der Waals surface area contributed by atoms with Gasteiger partial charge in [-0.15, -0.1) is 0 Å². The summed E-state index contributed by atoms with van der Waals surface area (Å²) in [5.74, 6) is 1.61. The molecule has 88 valence electrons. The Bertz CT molecular complexity index is 359. The quantitative estimate of drug-likeness (QED) is 0.766. The van der Waals surface area contributed by atoms with Gasteiger partial charge in [0.05, 0.1) is 17.9 Å². The molecule has 16 heavy (non-hydrogen) atoms. The normalized spacial score (nSPS) is 15.2. The summed E-state index contributed by atoms with van der Waals surface area (Å²) in [5, 5.41) is 0. The number of ether oxygens (including phenoxy) is 2. The van der Waals surface area contributed by atoms with Crippen molar-refractivity contribution in [2.45, 2.75) is 52.2 Å². The van der Waals surface area contributed by atoms with Crippen molar-refractivity contribution >= 4 is 0 Å². The number of hydrogen-bond donors (Lipinski definition) is 0. The van der Waals surface area contributed by atoms with Gasteiger partial charge in [0.2, 0.25) is 5.88 Å². The molecule has 0 spiro atoms. The maximum absolute atomic E-state index is 5.79. The Labute approximate surface area is 96.8 Å². The smallest absolute Gasteiger partial charge is 0.213 e. The van der Waals surface area contributed by atoms with Crippen LogP contribution in [0.2, 0.25) is 0 Å². The molecule has 1 heterocycles. The highest BCUT2D eigenvalue weighted by Crippen LogP contribution is 2.29. The molecule has 1 aromatic heterocycles. The summed E-state index contributed by atoms with van der Waals surface area (Å²) in [6, 6.07) is 3.86. The Kier molecular flexibility index (Phi) is 3.32. The van der Waals surface area contributed by atoms with Gasteiger partial charge in [0.1, 0.15) is 5.75 Å². The van der Waals surface area contributed by atoms with E-state index in [0.29, 0.717) is 12.0 Å². The molecule has 0 N–H and O–H groups in total. The van der Waals surface area contributed by atoms with E-state index in [1.54, 1.807) is 0 Å². The Hall–Kier alpha value is -1.25. The van der Waals surface area contributed by atoms with Crippen LogP contribution in [0.15, 0.2) is 12.1 Å². The molecule has 0 saturated heterocycles. The zero-order valence-corrected chi connectivity index (χ0v) is 10.2. The van der Waals surface area contributed by atoms with Gasteiger partial charge in [-0.05, 0) is 39.2 Å². The molecule has 2 rings (SSSR count). The fourth-order valence-corrected chi connectivity index (χ4v) is 1.50. The second-order valence-corrected chi connectivity index (χ2v) is 4.43. The molecular weight excluding hydrogens is 202 g/mol. The zero-order valence-electron chi connectivity index (χ0n) is 10.2. The summed E-state index contributed by atoms with van der Waals surface area (Å²) < 4.78 is 11.4. The molecule has 0 aliphatic heterocycles. The van der Waals surface area contributed by atoms with Crippen LogP contribution < -0.4 is 9.47 Å². The highest BCUT2D eigenvalue weighted by atomic mass is 16.5. The predicted molar refractivity (Wildman–Crippen MR) is 63.0 cm³/mol. The van der Waals surface area contributed by atoms with Crippen LogP contribution in [0.4, 0.5) is 0 Å². The lowest BCUT2D eigenvalue weighted by Gasteiger charge is -2.13. The van der Waals surface area contributed by atoms with Crippen LogP contribution >= 0.6 is 0 Å². The maximum atomic E-state index is 5.79. The first kappa shape index (κ1) is 11.2. The fraction of sp³-hybridized carbons (Fsp3) is 0.615.